The molecule has 0 aliphatic rings. The Bertz CT molecular complexity index is 401. The Morgan fingerprint density at radius 3 is 2.53 bits per heavy atom. The van der Waals surface area contributed by atoms with Gasteiger partial charge in [-0.3, -0.25) is 14.9 Å². The summed E-state index contributed by atoms with van der Waals surface area (Å²) >= 11 is 0. The molecule has 1 aromatic rings. The summed E-state index contributed by atoms with van der Waals surface area (Å²) in [5, 5.41) is 19.8. The Balaban J connectivity index is 2.57. The number of ether oxygens (including phenoxy) is 1. The average Bonchev–Trinajstić information content (AvgIpc) is 2.29. The number of nitro groups is 1. The fraction of sp³-hybridized carbons (Fsp3) is 0.364. The van der Waals surface area contributed by atoms with Crippen molar-refractivity contribution < 1.29 is 19.6 Å². The van der Waals surface area contributed by atoms with E-state index >= 15 is 0 Å². The second-order valence-corrected chi connectivity index (χ2v) is 3.43. The number of hydrogen-bond donors (Lipinski definition) is 1. The number of non-ortho nitro benzene ring substituents is 1. The van der Waals surface area contributed by atoms with E-state index < -0.39 is 17.2 Å². The summed E-state index contributed by atoms with van der Waals surface area (Å²) in [5.41, 5.74) is 0.640. The molecule has 0 fully saturated rings. The Morgan fingerprint density at radius 2 is 2.06 bits per heavy atom. The van der Waals surface area contributed by atoms with Gasteiger partial charge in [0.05, 0.1) is 4.92 Å². The Labute approximate surface area is 98.0 Å². The smallest absolute Gasteiger partial charge is 0.307 e. The van der Waals surface area contributed by atoms with E-state index in [0.29, 0.717) is 5.56 Å². The molecule has 0 heterocycles. The van der Waals surface area contributed by atoms with Crippen LogP contribution >= 0.6 is 0 Å². The first-order chi connectivity index (χ1) is 8.02. The molecule has 0 aliphatic heterocycles. The minimum atomic E-state index is -1.22. The van der Waals surface area contributed by atoms with Gasteiger partial charge in [0.1, 0.15) is 0 Å². The molecule has 0 aromatic heterocycles. The lowest BCUT2D eigenvalue weighted by atomic mass is 10.1. The zero-order valence-corrected chi connectivity index (χ0v) is 9.33. The van der Waals surface area contributed by atoms with Gasteiger partial charge in [-0.25, -0.2) is 0 Å². The van der Waals surface area contributed by atoms with Crippen molar-refractivity contribution in [1.29, 1.82) is 0 Å². The standard InChI is InChI=1S/C11H13NO5/c1-2-10(13)17-11(14)7-8-3-5-9(6-4-8)12(15)16/h3-6,11,14H,2,7H2,1H3/t11-/m1/s1. The second-order valence-electron chi connectivity index (χ2n) is 3.43. The van der Waals surface area contributed by atoms with Gasteiger partial charge in [-0.1, -0.05) is 19.1 Å². The highest BCUT2D eigenvalue weighted by Crippen LogP contribution is 2.13. The highest BCUT2D eigenvalue weighted by molar-refractivity contribution is 5.68. The average molecular weight is 239 g/mol. The van der Waals surface area contributed by atoms with Gasteiger partial charge < -0.3 is 9.84 Å². The van der Waals surface area contributed by atoms with E-state index in [0.717, 1.165) is 0 Å². The van der Waals surface area contributed by atoms with Crippen molar-refractivity contribution in [3.05, 3.63) is 39.9 Å². The van der Waals surface area contributed by atoms with E-state index in [4.69, 9.17) is 0 Å². The molecule has 0 radical (unpaired) electrons. The van der Waals surface area contributed by atoms with Crippen molar-refractivity contribution in [2.75, 3.05) is 0 Å². The van der Waals surface area contributed by atoms with Gasteiger partial charge in [0.2, 0.25) is 6.29 Å². The van der Waals surface area contributed by atoms with Crippen LogP contribution in [0.4, 0.5) is 5.69 Å². The van der Waals surface area contributed by atoms with E-state index in [9.17, 15) is 20.0 Å². The van der Waals surface area contributed by atoms with Crippen LogP contribution < -0.4 is 0 Å². The summed E-state index contributed by atoms with van der Waals surface area (Å²) in [6.45, 7) is 1.63. The van der Waals surface area contributed by atoms with Crippen LogP contribution in [0, 0.1) is 10.1 Å². The predicted molar refractivity (Wildman–Crippen MR) is 59.2 cm³/mol. The predicted octanol–water partition coefficient (Wildman–Crippen LogP) is 1.41. The number of esters is 1. The first-order valence-electron chi connectivity index (χ1n) is 5.13. The molecular formula is C11H13NO5. The summed E-state index contributed by atoms with van der Waals surface area (Å²) in [5.74, 6) is -0.487. The van der Waals surface area contributed by atoms with E-state index in [1.54, 1.807) is 6.92 Å². The Hall–Kier alpha value is -1.95. The van der Waals surface area contributed by atoms with Crippen molar-refractivity contribution in [3.63, 3.8) is 0 Å². The third-order valence-corrected chi connectivity index (χ3v) is 2.11. The SMILES string of the molecule is CCC(=O)O[C@@H](O)Cc1ccc([N+](=O)[O-])cc1. The molecule has 1 N–H and O–H groups in total. The summed E-state index contributed by atoms with van der Waals surface area (Å²) in [4.78, 5) is 20.8. The summed E-state index contributed by atoms with van der Waals surface area (Å²) in [6, 6.07) is 5.70. The monoisotopic (exact) mass is 239 g/mol. The zero-order valence-electron chi connectivity index (χ0n) is 9.33. The number of nitro benzene ring substituents is 1. The molecule has 6 heteroatoms. The number of carbonyl (C=O) groups is 1. The van der Waals surface area contributed by atoms with Crippen molar-refractivity contribution in [2.45, 2.75) is 26.1 Å². The quantitative estimate of drug-likeness (QED) is 0.363. The molecular weight excluding hydrogens is 226 g/mol. The zero-order chi connectivity index (χ0) is 12.8. The molecule has 0 unspecified atom stereocenters. The van der Waals surface area contributed by atoms with Crippen LogP contribution in [0.15, 0.2) is 24.3 Å². The van der Waals surface area contributed by atoms with Crippen LogP contribution in [-0.4, -0.2) is 22.3 Å². The Morgan fingerprint density at radius 1 is 1.47 bits per heavy atom. The maximum absolute atomic E-state index is 10.9. The molecule has 0 saturated carbocycles. The highest BCUT2D eigenvalue weighted by Gasteiger charge is 2.11. The molecule has 6 nitrogen and oxygen atoms in total. The fourth-order valence-electron chi connectivity index (χ4n) is 1.23. The van der Waals surface area contributed by atoms with Crippen LogP contribution in [0.5, 0.6) is 0 Å². The first-order valence-corrected chi connectivity index (χ1v) is 5.13. The van der Waals surface area contributed by atoms with E-state index in [2.05, 4.69) is 4.74 Å². The topological polar surface area (TPSA) is 89.7 Å². The number of aliphatic hydroxyl groups excluding tert-OH is 1. The van der Waals surface area contributed by atoms with Crippen molar-refractivity contribution in [1.82, 2.24) is 0 Å². The lowest BCUT2D eigenvalue weighted by molar-refractivity contribution is -0.384. The number of hydrogen-bond acceptors (Lipinski definition) is 5. The van der Waals surface area contributed by atoms with Crippen LogP contribution in [0.1, 0.15) is 18.9 Å². The molecule has 1 aromatic carbocycles. The van der Waals surface area contributed by atoms with Crippen molar-refractivity contribution in [3.8, 4) is 0 Å². The van der Waals surface area contributed by atoms with Crippen LogP contribution in [0.3, 0.4) is 0 Å². The highest BCUT2D eigenvalue weighted by atomic mass is 16.6. The van der Waals surface area contributed by atoms with Gasteiger partial charge in [0, 0.05) is 25.0 Å². The molecule has 1 atom stereocenters. The lowest BCUT2D eigenvalue weighted by Gasteiger charge is -2.11. The molecule has 0 aliphatic carbocycles. The molecule has 1 rings (SSSR count). The maximum Gasteiger partial charge on any atom is 0.307 e. The summed E-state index contributed by atoms with van der Waals surface area (Å²) < 4.78 is 4.66. The fourth-order valence-corrected chi connectivity index (χ4v) is 1.23. The van der Waals surface area contributed by atoms with Gasteiger partial charge in [-0.05, 0) is 5.56 Å². The molecule has 17 heavy (non-hydrogen) atoms. The molecule has 0 bridgehead atoms. The van der Waals surface area contributed by atoms with Gasteiger partial charge in [-0.15, -0.1) is 0 Å². The Kier molecular flexibility index (Phi) is 4.59. The third-order valence-electron chi connectivity index (χ3n) is 2.11. The summed E-state index contributed by atoms with van der Waals surface area (Å²) in [7, 11) is 0. The van der Waals surface area contributed by atoms with Crippen LogP contribution in [-0.2, 0) is 16.0 Å². The summed E-state index contributed by atoms with van der Waals surface area (Å²) in [6.07, 6.45) is -0.912. The van der Waals surface area contributed by atoms with Gasteiger partial charge >= 0.3 is 5.97 Å². The number of benzene rings is 1. The lowest BCUT2D eigenvalue weighted by Crippen LogP contribution is -2.19. The van der Waals surface area contributed by atoms with Crippen LogP contribution in [0.25, 0.3) is 0 Å². The molecule has 0 amide bonds. The largest absolute Gasteiger partial charge is 0.436 e. The molecule has 0 spiro atoms. The number of rotatable bonds is 5. The second kappa shape index (κ2) is 5.95. The first kappa shape index (κ1) is 13.1. The van der Waals surface area contributed by atoms with E-state index in [1.165, 1.54) is 24.3 Å². The van der Waals surface area contributed by atoms with E-state index in [-0.39, 0.29) is 18.5 Å². The van der Waals surface area contributed by atoms with Crippen molar-refractivity contribution in [2.24, 2.45) is 0 Å². The minimum absolute atomic E-state index is 0.0196. The van der Waals surface area contributed by atoms with E-state index in [1.807, 2.05) is 0 Å². The normalized spacial score (nSPS) is 11.9. The van der Waals surface area contributed by atoms with Gasteiger partial charge in [-0.2, -0.15) is 0 Å². The van der Waals surface area contributed by atoms with Gasteiger partial charge in [0.25, 0.3) is 5.69 Å². The molecule has 0 saturated heterocycles. The number of aliphatic hydroxyl groups is 1. The van der Waals surface area contributed by atoms with Crippen LogP contribution in [0.2, 0.25) is 0 Å². The number of carbonyl (C=O) groups excluding carboxylic acids is 1. The molecule has 92 valence electrons. The number of nitrogens with zero attached hydrogens (tertiary/aromatic N) is 1. The van der Waals surface area contributed by atoms with Gasteiger partial charge in [0.15, 0.2) is 0 Å². The third kappa shape index (κ3) is 4.20. The minimum Gasteiger partial charge on any atom is -0.436 e. The van der Waals surface area contributed by atoms with Crippen molar-refractivity contribution >= 4 is 11.7 Å². The maximum atomic E-state index is 10.9.